The number of ether oxygens (including phenoxy) is 1. The highest BCUT2D eigenvalue weighted by molar-refractivity contribution is 6.07. The van der Waals surface area contributed by atoms with Crippen LogP contribution in [0.2, 0.25) is 0 Å². The largest absolute Gasteiger partial charge is 0.481 e. The summed E-state index contributed by atoms with van der Waals surface area (Å²) in [5.41, 5.74) is 5.14. The molecule has 1 heterocycles. The van der Waals surface area contributed by atoms with Gasteiger partial charge in [-0.3, -0.25) is 16.0 Å². The van der Waals surface area contributed by atoms with Gasteiger partial charge in [-0.2, -0.15) is 4.98 Å². The third-order valence-corrected chi connectivity index (χ3v) is 2.84. The number of aromatic nitrogens is 2. The predicted octanol–water partition coefficient (Wildman–Crippen LogP) is 1.64. The number of nitrogens with zero attached hydrogens (tertiary/aromatic N) is 2. The highest BCUT2D eigenvalue weighted by Gasteiger charge is 2.13. The second-order valence-electron chi connectivity index (χ2n) is 4.52. The molecule has 0 unspecified atom stereocenters. The lowest BCUT2D eigenvalue weighted by atomic mass is 10.1. The minimum atomic E-state index is -0.351. The first kappa shape index (κ1) is 14.7. The molecule has 0 aliphatic heterocycles. The molecule has 1 aromatic heterocycles. The van der Waals surface area contributed by atoms with Crippen molar-refractivity contribution in [2.45, 2.75) is 13.8 Å². The Labute approximate surface area is 122 Å². The summed E-state index contributed by atoms with van der Waals surface area (Å²) in [5, 5.41) is 2.63. The Kier molecular flexibility index (Phi) is 4.34. The van der Waals surface area contributed by atoms with Crippen LogP contribution >= 0.6 is 0 Å². The quantitative estimate of drug-likeness (QED) is 0.583. The van der Waals surface area contributed by atoms with Gasteiger partial charge in [0.2, 0.25) is 11.8 Å². The van der Waals surface area contributed by atoms with Crippen LogP contribution in [-0.4, -0.2) is 23.0 Å². The minimum Gasteiger partial charge on any atom is -0.481 e. The average Bonchev–Trinajstić information content (AvgIpc) is 2.46. The number of rotatable bonds is 4. The van der Waals surface area contributed by atoms with Gasteiger partial charge in [0.05, 0.1) is 18.4 Å². The molecule has 2 aromatic rings. The Hall–Kier alpha value is -2.67. The standard InChI is InChI=1S/C14H17N5O2/c1-8-4-5-10(11(6-8)19-15)13(20)18-14-16-9(2)7-12(17-14)21-3/h4-7,19H,15H2,1-3H3,(H,16,17,18,20). The zero-order valence-corrected chi connectivity index (χ0v) is 12.1. The molecular formula is C14H17N5O2. The smallest absolute Gasteiger partial charge is 0.260 e. The molecule has 0 atom stereocenters. The van der Waals surface area contributed by atoms with Gasteiger partial charge in [0.25, 0.3) is 5.91 Å². The number of methoxy groups -OCH3 is 1. The summed E-state index contributed by atoms with van der Waals surface area (Å²) in [7, 11) is 1.50. The van der Waals surface area contributed by atoms with E-state index in [0.29, 0.717) is 22.8 Å². The van der Waals surface area contributed by atoms with Crippen LogP contribution in [0.5, 0.6) is 5.88 Å². The average molecular weight is 287 g/mol. The number of anilines is 2. The van der Waals surface area contributed by atoms with Crippen LogP contribution in [0.1, 0.15) is 21.6 Å². The number of carbonyl (C=O) groups is 1. The number of aryl methyl sites for hydroxylation is 2. The van der Waals surface area contributed by atoms with E-state index < -0.39 is 0 Å². The molecule has 0 aliphatic carbocycles. The van der Waals surface area contributed by atoms with Crippen LogP contribution in [0.25, 0.3) is 0 Å². The van der Waals surface area contributed by atoms with Gasteiger partial charge in [-0.1, -0.05) is 6.07 Å². The maximum atomic E-state index is 12.3. The monoisotopic (exact) mass is 287 g/mol. The third-order valence-electron chi connectivity index (χ3n) is 2.84. The van der Waals surface area contributed by atoms with Crippen molar-refractivity contribution < 1.29 is 9.53 Å². The zero-order chi connectivity index (χ0) is 15.4. The molecule has 7 heteroatoms. The molecule has 1 aromatic carbocycles. The summed E-state index contributed by atoms with van der Waals surface area (Å²) in [6.45, 7) is 3.70. The van der Waals surface area contributed by atoms with E-state index in [2.05, 4.69) is 20.7 Å². The maximum absolute atomic E-state index is 12.3. The van der Waals surface area contributed by atoms with E-state index in [1.54, 1.807) is 25.1 Å². The van der Waals surface area contributed by atoms with Crippen molar-refractivity contribution in [3.05, 3.63) is 41.1 Å². The normalized spacial score (nSPS) is 10.1. The Bertz CT molecular complexity index is 672. The molecule has 110 valence electrons. The van der Waals surface area contributed by atoms with Crippen LogP contribution in [0, 0.1) is 13.8 Å². The molecule has 0 bridgehead atoms. The molecule has 2 rings (SSSR count). The highest BCUT2D eigenvalue weighted by Crippen LogP contribution is 2.18. The fourth-order valence-electron chi connectivity index (χ4n) is 1.84. The van der Waals surface area contributed by atoms with E-state index in [-0.39, 0.29) is 11.9 Å². The van der Waals surface area contributed by atoms with Gasteiger partial charge in [-0.05, 0) is 31.5 Å². The van der Waals surface area contributed by atoms with Crippen molar-refractivity contribution in [2.75, 3.05) is 17.9 Å². The summed E-state index contributed by atoms with van der Waals surface area (Å²) in [5.74, 6) is 5.66. The number of nitrogens with two attached hydrogens (primary N) is 1. The first-order valence-corrected chi connectivity index (χ1v) is 6.31. The van der Waals surface area contributed by atoms with Crippen molar-refractivity contribution in [1.82, 2.24) is 9.97 Å². The van der Waals surface area contributed by atoms with E-state index in [4.69, 9.17) is 10.6 Å². The number of hydrogen-bond donors (Lipinski definition) is 3. The Morgan fingerprint density at radius 3 is 2.67 bits per heavy atom. The molecular weight excluding hydrogens is 270 g/mol. The second kappa shape index (κ2) is 6.19. The van der Waals surface area contributed by atoms with Gasteiger partial charge in [0.1, 0.15) is 0 Å². The van der Waals surface area contributed by atoms with Crippen LogP contribution in [0.3, 0.4) is 0 Å². The van der Waals surface area contributed by atoms with Crippen LogP contribution < -0.4 is 21.3 Å². The lowest BCUT2D eigenvalue weighted by molar-refractivity contribution is 0.102. The first-order valence-electron chi connectivity index (χ1n) is 6.31. The number of nitrogens with one attached hydrogen (secondary N) is 2. The maximum Gasteiger partial charge on any atom is 0.260 e. The second-order valence-corrected chi connectivity index (χ2v) is 4.52. The van der Waals surface area contributed by atoms with Crippen molar-refractivity contribution in [2.24, 2.45) is 5.84 Å². The molecule has 0 radical (unpaired) electrons. The van der Waals surface area contributed by atoms with Crippen LogP contribution in [-0.2, 0) is 0 Å². The molecule has 1 amide bonds. The fourth-order valence-corrected chi connectivity index (χ4v) is 1.84. The SMILES string of the molecule is COc1cc(C)nc(NC(=O)c2ccc(C)cc2NN)n1. The van der Waals surface area contributed by atoms with E-state index in [1.807, 2.05) is 13.0 Å². The third kappa shape index (κ3) is 3.46. The molecule has 4 N–H and O–H groups in total. The summed E-state index contributed by atoms with van der Waals surface area (Å²) in [6, 6.07) is 6.97. The number of hydrazine groups is 1. The van der Waals surface area contributed by atoms with Crippen LogP contribution in [0.4, 0.5) is 11.6 Å². The minimum absolute atomic E-state index is 0.181. The van der Waals surface area contributed by atoms with Crippen LogP contribution in [0.15, 0.2) is 24.3 Å². The highest BCUT2D eigenvalue weighted by atomic mass is 16.5. The first-order chi connectivity index (χ1) is 10.0. The van der Waals surface area contributed by atoms with Crippen molar-refractivity contribution in [1.29, 1.82) is 0 Å². The van der Waals surface area contributed by atoms with Crippen molar-refractivity contribution in [3.8, 4) is 5.88 Å². The predicted molar refractivity (Wildman–Crippen MR) is 80.3 cm³/mol. The molecule has 0 saturated heterocycles. The number of amides is 1. The van der Waals surface area contributed by atoms with Crippen molar-refractivity contribution in [3.63, 3.8) is 0 Å². The lowest BCUT2D eigenvalue weighted by Crippen LogP contribution is -2.19. The number of nitrogen functional groups attached to an aromatic ring is 1. The lowest BCUT2D eigenvalue weighted by Gasteiger charge is -2.10. The van der Waals surface area contributed by atoms with Gasteiger partial charge in [0.15, 0.2) is 0 Å². The van der Waals surface area contributed by atoms with E-state index in [9.17, 15) is 4.79 Å². The molecule has 0 saturated carbocycles. The molecule has 21 heavy (non-hydrogen) atoms. The molecule has 7 nitrogen and oxygen atoms in total. The number of carbonyl (C=O) groups excluding carboxylic acids is 1. The van der Waals surface area contributed by atoms with Crippen molar-refractivity contribution >= 4 is 17.5 Å². The summed E-state index contributed by atoms with van der Waals surface area (Å²) >= 11 is 0. The van der Waals surface area contributed by atoms with Gasteiger partial charge in [-0.25, -0.2) is 4.98 Å². The Morgan fingerprint density at radius 1 is 1.24 bits per heavy atom. The fraction of sp³-hybridized carbons (Fsp3) is 0.214. The molecule has 0 fully saturated rings. The Balaban J connectivity index is 2.28. The summed E-state index contributed by atoms with van der Waals surface area (Å²) < 4.78 is 5.05. The zero-order valence-electron chi connectivity index (χ0n) is 12.1. The molecule has 0 aliphatic rings. The number of hydrogen-bond acceptors (Lipinski definition) is 6. The van der Waals surface area contributed by atoms with E-state index >= 15 is 0 Å². The topological polar surface area (TPSA) is 102 Å². The Morgan fingerprint density at radius 2 is 2.00 bits per heavy atom. The van der Waals surface area contributed by atoms with Gasteiger partial charge in [-0.15, -0.1) is 0 Å². The van der Waals surface area contributed by atoms with Gasteiger partial charge in [0, 0.05) is 11.8 Å². The van der Waals surface area contributed by atoms with Gasteiger partial charge >= 0.3 is 0 Å². The van der Waals surface area contributed by atoms with Gasteiger partial charge < -0.3 is 10.2 Å². The summed E-state index contributed by atoms with van der Waals surface area (Å²) in [6.07, 6.45) is 0. The van der Waals surface area contributed by atoms with E-state index in [0.717, 1.165) is 5.56 Å². The molecule has 0 spiro atoms. The number of benzene rings is 1. The summed E-state index contributed by atoms with van der Waals surface area (Å²) in [4.78, 5) is 20.5. The van der Waals surface area contributed by atoms with E-state index in [1.165, 1.54) is 7.11 Å².